The summed E-state index contributed by atoms with van der Waals surface area (Å²) in [6, 6.07) is 7.90. The highest BCUT2D eigenvalue weighted by molar-refractivity contribution is 7.91. The van der Waals surface area contributed by atoms with Gasteiger partial charge >= 0.3 is 6.18 Å². The van der Waals surface area contributed by atoms with E-state index in [-0.39, 0.29) is 41.0 Å². The fraction of sp³-hybridized carbons (Fsp3) is 0.385. The molecule has 1 N–H and O–H groups in total. The van der Waals surface area contributed by atoms with E-state index in [2.05, 4.69) is 20.3 Å². The standard InChI is InChI=1S/C26H28F3N5O3S/c1-4-38(36,37)21-7-5-17(6-8-21)12-31-24(35)19-11-18-9-10-34(23(16(2)3)22(18)30-13-19)25-32-14-20(15-33-25)26(27,28)29/h5-8,11,13-16,23H,4,9-10,12H2,1-3H3,(H,31,35)/t23-/m1/s1. The van der Waals surface area contributed by atoms with Crippen molar-refractivity contribution in [2.45, 2.75) is 50.9 Å². The summed E-state index contributed by atoms with van der Waals surface area (Å²) in [5.74, 6) is -0.0585. The van der Waals surface area contributed by atoms with Crippen LogP contribution in [0.15, 0.2) is 53.8 Å². The number of alkyl halides is 3. The van der Waals surface area contributed by atoms with Gasteiger partial charge in [0.15, 0.2) is 9.84 Å². The van der Waals surface area contributed by atoms with Crippen LogP contribution >= 0.6 is 0 Å². The number of hydrogen-bond donors (Lipinski definition) is 1. The molecule has 0 fully saturated rings. The Bertz CT molecular complexity index is 1410. The van der Waals surface area contributed by atoms with Crippen LogP contribution in [0, 0.1) is 5.92 Å². The lowest BCUT2D eigenvalue weighted by Gasteiger charge is -2.39. The molecule has 2 aromatic heterocycles. The van der Waals surface area contributed by atoms with Gasteiger partial charge in [-0.3, -0.25) is 9.78 Å². The van der Waals surface area contributed by atoms with Gasteiger partial charge in [-0.15, -0.1) is 0 Å². The van der Waals surface area contributed by atoms with E-state index in [4.69, 9.17) is 0 Å². The molecule has 12 heteroatoms. The molecule has 0 radical (unpaired) electrons. The van der Waals surface area contributed by atoms with Crippen molar-refractivity contribution < 1.29 is 26.4 Å². The van der Waals surface area contributed by atoms with E-state index in [1.54, 1.807) is 25.1 Å². The van der Waals surface area contributed by atoms with Crippen molar-refractivity contribution >= 4 is 21.7 Å². The maximum Gasteiger partial charge on any atom is 0.419 e. The first-order valence-corrected chi connectivity index (χ1v) is 13.8. The molecule has 0 unspecified atom stereocenters. The van der Waals surface area contributed by atoms with Crippen LogP contribution in [-0.4, -0.2) is 41.6 Å². The zero-order valence-electron chi connectivity index (χ0n) is 21.2. The van der Waals surface area contributed by atoms with Crippen molar-refractivity contribution in [1.29, 1.82) is 0 Å². The van der Waals surface area contributed by atoms with E-state index in [0.29, 0.717) is 18.5 Å². The minimum atomic E-state index is -4.51. The lowest BCUT2D eigenvalue weighted by Crippen LogP contribution is -2.40. The van der Waals surface area contributed by atoms with Crippen molar-refractivity contribution in [3.8, 4) is 0 Å². The summed E-state index contributed by atoms with van der Waals surface area (Å²) >= 11 is 0. The normalized spacial score (nSPS) is 15.9. The molecule has 0 spiro atoms. The summed E-state index contributed by atoms with van der Waals surface area (Å²) < 4.78 is 62.7. The van der Waals surface area contributed by atoms with Crippen LogP contribution in [0.2, 0.25) is 0 Å². The number of aromatic nitrogens is 3. The maximum atomic E-state index is 12.9. The van der Waals surface area contributed by atoms with Crippen molar-refractivity contribution in [3.63, 3.8) is 0 Å². The highest BCUT2D eigenvalue weighted by Crippen LogP contribution is 2.37. The summed E-state index contributed by atoms with van der Waals surface area (Å²) in [6.07, 6.45) is -0.942. The van der Waals surface area contributed by atoms with Crippen LogP contribution < -0.4 is 10.2 Å². The van der Waals surface area contributed by atoms with E-state index in [1.165, 1.54) is 18.3 Å². The molecule has 0 saturated heterocycles. The van der Waals surface area contributed by atoms with Gasteiger partial charge in [-0.05, 0) is 41.7 Å². The van der Waals surface area contributed by atoms with Crippen LogP contribution in [-0.2, 0) is 29.0 Å². The first-order valence-electron chi connectivity index (χ1n) is 12.1. The molecular formula is C26H28F3N5O3S. The highest BCUT2D eigenvalue weighted by atomic mass is 32.2. The number of halogens is 3. The van der Waals surface area contributed by atoms with E-state index in [1.807, 2.05) is 18.7 Å². The first-order chi connectivity index (χ1) is 17.9. The molecule has 1 amide bonds. The second kappa shape index (κ2) is 10.7. The molecule has 0 aliphatic carbocycles. The smallest absolute Gasteiger partial charge is 0.348 e. The third kappa shape index (κ3) is 5.79. The van der Waals surface area contributed by atoms with E-state index in [9.17, 15) is 26.4 Å². The van der Waals surface area contributed by atoms with Crippen LogP contribution in [0.4, 0.5) is 19.1 Å². The number of anilines is 1. The van der Waals surface area contributed by atoms with Gasteiger partial charge < -0.3 is 10.2 Å². The molecule has 0 saturated carbocycles. The number of rotatable bonds is 7. The summed E-state index contributed by atoms with van der Waals surface area (Å²) in [5.41, 5.74) is 1.85. The summed E-state index contributed by atoms with van der Waals surface area (Å²) in [6.45, 7) is 6.23. The Morgan fingerprint density at radius 2 is 1.76 bits per heavy atom. The second-order valence-corrected chi connectivity index (χ2v) is 11.7. The van der Waals surface area contributed by atoms with Gasteiger partial charge in [0.1, 0.15) is 0 Å². The minimum Gasteiger partial charge on any atom is -0.348 e. The van der Waals surface area contributed by atoms with Gasteiger partial charge in [0, 0.05) is 31.7 Å². The zero-order valence-corrected chi connectivity index (χ0v) is 22.0. The van der Waals surface area contributed by atoms with Crippen LogP contribution in [0.5, 0.6) is 0 Å². The van der Waals surface area contributed by atoms with Gasteiger partial charge in [-0.25, -0.2) is 18.4 Å². The van der Waals surface area contributed by atoms with E-state index in [0.717, 1.165) is 29.2 Å². The second-order valence-electron chi connectivity index (χ2n) is 9.40. The molecule has 202 valence electrons. The Balaban J connectivity index is 1.49. The average molecular weight is 548 g/mol. The van der Waals surface area contributed by atoms with Gasteiger partial charge in [-0.1, -0.05) is 32.9 Å². The quantitative estimate of drug-likeness (QED) is 0.468. The lowest BCUT2D eigenvalue weighted by atomic mass is 9.89. The summed E-state index contributed by atoms with van der Waals surface area (Å²) in [5, 5.41) is 2.83. The molecule has 1 aromatic carbocycles. The average Bonchev–Trinajstić information content (AvgIpc) is 2.90. The largest absolute Gasteiger partial charge is 0.419 e. The van der Waals surface area contributed by atoms with Gasteiger partial charge in [0.25, 0.3) is 5.91 Å². The molecule has 0 bridgehead atoms. The summed E-state index contributed by atoms with van der Waals surface area (Å²) in [4.78, 5) is 27.4. The van der Waals surface area contributed by atoms with Crippen LogP contribution in [0.3, 0.4) is 0 Å². The van der Waals surface area contributed by atoms with Gasteiger partial charge in [0.2, 0.25) is 5.95 Å². The number of pyridine rings is 1. The SMILES string of the molecule is CCS(=O)(=O)c1ccc(CNC(=O)c2cnc3c(c2)CCN(c2ncc(C(F)(F)F)cn2)[C@@H]3C(C)C)cc1. The fourth-order valence-electron chi connectivity index (χ4n) is 4.42. The molecule has 38 heavy (non-hydrogen) atoms. The number of amides is 1. The molecule has 3 aromatic rings. The maximum absolute atomic E-state index is 12.9. The lowest BCUT2D eigenvalue weighted by molar-refractivity contribution is -0.138. The number of carbonyl (C=O) groups is 1. The molecule has 1 aliphatic heterocycles. The number of nitrogens with zero attached hydrogens (tertiary/aromatic N) is 4. The van der Waals surface area contributed by atoms with Crippen molar-refractivity contribution in [1.82, 2.24) is 20.3 Å². The Hall–Kier alpha value is -3.54. The Morgan fingerprint density at radius 3 is 2.34 bits per heavy atom. The summed E-state index contributed by atoms with van der Waals surface area (Å²) in [7, 11) is -3.29. The van der Waals surface area contributed by atoms with Crippen molar-refractivity contribution in [3.05, 3.63) is 76.9 Å². The Morgan fingerprint density at radius 1 is 1.11 bits per heavy atom. The number of benzene rings is 1. The third-order valence-electron chi connectivity index (χ3n) is 6.47. The van der Waals surface area contributed by atoms with Crippen molar-refractivity contribution in [2.75, 3.05) is 17.2 Å². The molecule has 4 rings (SSSR count). The molecular weight excluding hydrogens is 519 g/mol. The number of hydrogen-bond acceptors (Lipinski definition) is 7. The number of sulfone groups is 1. The minimum absolute atomic E-state index is 0.0151. The van der Waals surface area contributed by atoms with Gasteiger partial charge in [-0.2, -0.15) is 13.2 Å². The molecule has 3 heterocycles. The molecule has 8 nitrogen and oxygen atoms in total. The zero-order chi connectivity index (χ0) is 27.7. The topological polar surface area (TPSA) is 105 Å². The Labute approximate surface area is 219 Å². The predicted octanol–water partition coefficient (Wildman–Crippen LogP) is 4.37. The molecule has 1 aliphatic rings. The Kier molecular flexibility index (Phi) is 7.73. The number of nitrogens with one attached hydrogen (secondary N) is 1. The predicted molar refractivity (Wildman–Crippen MR) is 135 cm³/mol. The van der Waals surface area contributed by atoms with E-state index >= 15 is 0 Å². The first kappa shape index (κ1) is 27.5. The van der Waals surface area contributed by atoms with Crippen molar-refractivity contribution in [2.24, 2.45) is 5.92 Å². The van der Waals surface area contributed by atoms with E-state index < -0.39 is 21.6 Å². The van der Waals surface area contributed by atoms with Gasteiger partial charge in [0.05, 0.1) is 33.5 Å². The number of carbonyl (C=O) groups excluding carboxylic acids is 1. The highest BCUT2D eigenvalue weighted by Gasteiger charge is 2.35. The third-order valence-corrected chi connectivity index (χ3v) is 8.22. The fourth-order valence-corrected chi connectivity index (χ4v) is 5.30. The van der Waals surface area contributed by atoms with Crippen LogP contribution in [0.25, 0.3) is 0 Å². The van der Waals surface area contributed by atoms with Crippen LogP contribution in [0.1, 0.15) is 59.6 Å². The molecule has 1 atom stereocenters. The number of fused-ring (bicyclic) bond motifs is 1. The monoisotopic (exact) mass is 547 g/mol.